The van der Waals surface area contributed by atoms with E-state index in [1.807, 2.05) is 20.8 Å². The Bertz CT molecular complexity index is 1210. The van der Waals surface area contributed by atoms with Gasteiger partial charge in [0, 0.05) is 5.71 Å². The fourth-order valence-corrected chi connectivity index (χ4v) is 3.63. The molecule has 0 aliphatic rings. The maximum Gasteiger partial charge on any atom is 0.433 e. The Kier molecular flexibility index (Phi) is 13.2. The second-order valence-electron chi connectivity index (χ2n) is 8.29. The van der Waals surface area contributed by atoms with Gasteiger partial charge in [0.25, 0.3) is 6.26 Å². The minimum absolute atomic E-state index is 0.00630. The van der Waals surface area contributed by atoms with Gasteiger partial charge in [-0.25, -0.2) is 4.39 Å². The summed E-state index contributed by atoms with van der Waals surface area (Å²) in [7, 11) is 1.38. The summed E-state index contributed by atoms with van der Waals surface area (Å²) in [6.07, 6.45) is -1.31. The molecule has 212 valence electrons. The van der Waals surface area contributed by atoms with Gasteiger partial charge in [-0.2, -0.15) is 13.2 Å². The van der Waals surface area contributed by atoms with Crippen LogP contribution in [0, 0.1) is 23.3 Å². The van der Waals surface area contributed by atoms with Crippen molar-refractivity contribution in [2.45, 2.75) is 66.6 Å². The summed E-state index contributed by atoms with van der Waals surface area (Å²) in [5, 5.41) is 9.18. The molecule has 2 rings (SSSR count). The van der Waals surface area contributed by atoms with Crippen LogP contribution < -0.4 is 15.2 Å². The number of nitriles is 1. The van der Waals surface area contributed by atoms with Gasteiger partial charge in [-0.05, 0) is 61.1 Å². The first-order valence-electron chi connectivity index (χ1n) is 12.7. The SMILES string of the molecule is CC.CC/C=C(\N=C(C(C)CC)C(C)N=C(N)c1cc(-c2ccc(F)cc2)cc(OC)c1OC#N)C(F)(F)F. The average molecular weight is 549 g/mol. The third-order valence-corrected chi connectivity index (χ3v) is 5.69. The number of rotatable bonds is 10. The Morgan fingerprint density at radius 2 is 1.72 bits per heavy atom. The number of nitrogens with two attached hydrogens (primary N) is 1. The minimum atomic E-state index is -4.62. The van der Waals surface area contributed by atoms with Crippen LogP contribution in [-0.4, -0.2) is 30.9 Å². The molecule has 0 bridgehead atoms. The van der Waals surface area contributed by atoms with Gasteiger partial charge in [0.1, 0.15) is 17.3 Å². The van der Waals surface area contributed by atoms with E-state index in [2.05, 4.69) is 9.98 Å². The Labute approximate surface area is 227 Å². The van der Waals surface area contributed by atoms with Crippen molar-refractivity contribution in [3.8, 4) is 28.9 Å². The van der Waals surface area contributed by atoms with Gasteiger partial charge in [-0.1, -0.05) is 52.8 Å². The molecule has 0 fully saturated rings. The lowest BCUT2D eigenvalue weighted by Crippen LogP contribution is -2.28. The molecule has 2 aromatic carbocycles. The van der Waals surface area contributed by atoms with E-state index in [1.165, 1.54) is 19.2 Å². The third-order valence-electron chi connectivity index (χ3n) is 5.69. The van der Waals surface area contributed by atoms with Crippen molar-refractivity contribution in [3.05, 3.63) is 59.6 Å². The molecule has 0 radical (unpaired) electrons. The van der Waals surface area contributed by atoms with Crippen LogP contribution in [0.2, 0.25) is 0 Å². The molecule has 0 aromatic heterocycles. The molecule has 39 heavy (non-hydrogen) atoms. The van der Waals surface area contributed by atoms with Gasteiger partial charge >= 0.3 is 6.18 Å². The van der Waals surface area contributed by atoms with Gasteiger partial charge in [0.05, 0.1) is 18.7 Å². The molecule has 0 aliphatic heterocycles. The topological polar surface area (TPSA) is 93.0 Å². The van der Waals surface area contributed by atoms with Crippen molar-refractivity contribution >= 4 is 11.5 Å². The van der Waals surface area contributed by atoms with E-state index in [9.17, 15) is 22.8 Å². The number of hydrogen-bond donors (Lipinski definition) is 1. The second kappa shape index (κ2) is 15.5. The largest absolute Gasteiger partial charge is 0.493 e. The Hall–Kier alpha value is -3.87. The molecule has 6 nitrogen and oxygen atoms in total. The monoisotopic (exact) mass is 548 g/mol. The van der Waals surface area contributed by atoms with Gasteiger partial charge < -0.3 is 15.2 Å². The lowest BCUT2D eigenvalue weighted by molar-refractivity contribution is -0.0926. The van der Waals surface area contributed by atoms with Crippen LogP contribution in [0.4, 0.5) is 17.6 Å². The second-order valence-corrected chi connectivity index (χ2v) is 8.29. The molecular formula is C29H36F4N4O2. The zero-order valence-corrected chi connectivity index (χ0v) is 23.4. The molecule has 2 N–H and O–H groups in total. The summed E-state index contributed by atoms with van der Waals surface area (Å²) < 4.78 is 64.6. The highest BCUT2D eigenvalue weighted by molar-refractivity contribution is 6.04. The predicted octanol–water partition coefficient (Wildman–Crippen LogP) is 7.82. The predicted molar refractivity (Wildman–Crippen MR) is 147 cm³/mol. The molecule has 0 heterocycles. The van der Waals surface area contributed by atoms with E-state index < -0.39 is 23.7 Å². The van der Waals surface area contributed by atoms with E-state index in [0.717, 1.165) is 6.08 Å². The standard InChI is InChI=1S/C27H30F4N4O2.C2H6/c1-6-8-23(27(29,30)31)35-24(16(3)7-2)17(4)34-26(33)21-13-19(18-9-11-20(28)12-10-18)14-22(36-5)25(21)37-15-32;1-2/h8-14,16-17H,6-7H2,1-5H3,(H2,33,34);1-2H3/b23-8-,35-24?;. The zero-order valence-electron chi connectivity index (χ0n) is 23.4. The molecule has 2 unspecified atom stereocenters. The Morgan fingerprint density at radius 3 is 2.21 bits per heavy atom. The third kappa shape index (κ3) is 9.13. The van der Waals surface area contributed by atoms with Crippen LogP contribution in [-0.2, 0) is 0 Å². The number of methoxy groups -OCH3 is 1. The number of ether oxygens (including phenoxy) is 2. The fourth-order valence-electron chi connectivity index (χ4n) is 3.63. The van der Waals surface area contributed by atoms with Crippen molar-refractivity contribution in [1.29, 1.82) is 5.26 Å². The normalized spacial score (nSPS) is 14.1. The van der Waals surface area contributed by atoms with E-state index in [0.29, 0.717) is 17.5 Å². The zero-order chi connectivity index (χ0) is 29.8. The number of aliphatic imine (C=N–C) groups is 2. The number of hydrogen-bond acceptors (Lipinski definition) is 5. The Balaban J connectivity index is 0.00000371. The number of nitrogens with zero attached hydrogens (tertiary/aromatic N) is 3. The highest BCUT2D eigenvalue weighted by Gasteiger charge is 2.34. The fraction of sp³-hybridized carbons (Fsp3) is 0.414. The van der Waals surface area contributed by atoms with Gasteiger partial charge in [-0.3, -0.25) is 9.98 Å². The van der Waals surface area contributed by atoms with E-state index in [1.54, 1.807) is 51.3 Å². The minimum Gasteiger partial charge on any atom is -0.493 e. The molecule has 0 aliphatic carbocycles. The van der Waals surface area contributed by atoms with E-state index >= 15 is 0 Å². The molecular weight excluding hydrogens is 512 g/mol. The number of amidine groups is 1. The number of alkyl halides is 3. The number of benzene rings is 2. The average Bonchev–Trinajstić information content (AvgIpc) is 2.91. The summed E-state index contributed by atoms with van der Waals surface area (Å²) in [6, 6.07) is 8.05. The molecule has 2 atom stereocenters. The molecule has 2 aromatic rings. The highest BCUT2D eigenvalue weighted by Crippen LogP contribution is 2.37. The maximum atomic E-state index is 13.6. The van der Waals surface area contributed by atoms with Crippen molar-refractivity contribution < 1.29 is 27.0 Å². The van der Waals surface area contributed by atoms with Crippen molar-refractivity contribution in [1.82, 2.24) is 0 Å². The first-order valence-corrected chi connectivity index (χ1v) is 12.7. The van der Waals surface area contributed by atoms with Crippen LogP contribution in [0.25, 0.3) is 11.1 Å². The summed E-state index contributed by atoms with van der Waals surface area (Å²) in [6.45, 7) is 10.8. The van der Waals surface area contributed by atoms with Gasteiger partial charge in [0.15, 0.2) is 11.5 Å². The lowest BCUT2D eigenvalue weighted by atomic mass is 9.96. The quantitative estimate of drug-likeness (QED) is 0.142. The van der Waals surface area contributed by atoms with Gasteiger partial charge in [0.2, 0.25) is 0 Å². The van der Waals surface area contributed by atoms with Crippen molar-refractivity contribution in [3.63, 3.8) is 0 Å². The van der Waals surface area contributed by atoms with Crippen LogP contribution in [0.1, 0.15) is 59.9 Å². The van der Waals surface area contributed by atoms with Crippen LogP contribution >= 0.6 is 0 Å². The maximum absolute atomic E-state index is 13.6. The summed E-state index contributed by atoms with van der Waals surface area (Å²) in [4.78, 5) is 8.41. The molecule has 0 saturated heterocycles. The van der Waals surface area contributed by atoms with Crippen LogP contribution in [0.15, 0.2) is 58.2 Å². The first-order chi connectivity index (χ1) is 18.5. The highest BCUT2D eigenvalue weighted by atomic mass is 19.4. The molecule has 10 heteroatoms. The van der Waals surface area contributed by atoms with E-state index in [4.69, 9.17) is 15.2 Å². The summed E-state index contributed by atoms with van der Waals surface area (Å²) in [5.41, 5.74) is 6.95. The van der Waals surface area contributed by atoms with Crippen molar-refractivity contribution in [2.24, 2.45) is 21.6 Å². The van der Waals surface area contributed by atoms with Gasteiger partial charge in [-0.15, -0.1) is 5.26 Å². The lowest BCUT2D eigenvalue weighted by Gasteiger charge is -2.20. The van der Waals surface area contributed by atoms with Crippen LogP contribution in [0.5, 0.6) is 11.5 Å². The number of halogens is 4. The molecule has 0 spiro atoms. The Morgan fingerprint density at radius 1 is 1.10 bits per heavy atom. The smallest absolute Gasteiger partial charge is 0.433 e. The summed E-state index contributed by atoms with van der Waals surface area (Å²) >= 11 is 0. The summed E-state index contributed by atoms with van der Waals surface area (Å²) in [5.74, 6) is -0.658. The van der Waals surface area contributed by atoms with E-state index in [-0.39, 0.29) is 40.9 Å². The molecule has 0 saturated carbocycles. The number of allylic oxidation sites excluding steroid dienone is 2. The van der Waals surface area contributed by atoms with Crippen molar-refractivity contribution in [2.75, 3.05) is 7.11 Å². The first kappa shape index (κ1) is 33.2. The van der Waals surface area contributed by atoms with Crippen LogP contribution in [0.3, 0.4) is 0 Å². The molecule has 0 amide bonds.